The number of rotatable bonds is 7. The van der Waals surface area contributed by atoms with E-state index in [2.05, 4.69) is 30.3 Å². The molecule has 1 amide bonds. The second-order valence-electron chi connectivity index (χ2n) is 5.39. The lowest BCUT2D eigenvalue weighted by atomic mass is 10.1. The van der Waals surface area contributed by atoms with Gasteiger partial charge in [-0.05, 0) is 31.2 Å². The first kappa shape index (κ1) is 14.6. The number of nitrogens with one attached hydrogen (secondary N) is 1. The predicted octanol–water partition coefficient (Wildman–Crippen LogP) is 2.04. The third-order valence-electron chi connectivity index (χ3n) is 3.82. The Morgan fingerprint density at radius 2 is 2.15 bits per heavy atom. The minimum absolute atomic E-state index is 0.128. The van der Waals surface area contributed by atoms with E-state index in [1.807, 2.05) is 23.1 Å². The lowest BCUT2D eigenvalue weighted by Crippen LogP contribution is -2.44. The van der Waals surface area contributed by atoms with E-state index in [0.29, 0.717) is 31.6 Å². The zero-order valence-corrected chi connectivity index (χ0v) is 12.0. The quantitative estimate of drug-likeness (QED) is 0.607. The molecule has 1 saturated carbocycles. The first-order valence-corrected chi connectivity index (χ1v) is 7.20. The van der Waals surface area contributed by atoms with Crippen molar-refractivity contribution in [2.24, 2.45) is 5.92 Å². The molecule has 0 heterocycles. The highest BCUT2D eigenvalue weighted by molar-refractivity contribution is 5.78. The smallest absolute Gasteiger partial charge is 0.237 e. The molecule has 1 aliphatic carbocycles. The Morgan fingerprint density at radius 1 is 1.45 bits per heavy atom. The summed E-state index contributed by atoms with van der Waals surface area (Å²) in [5.41, 5.74) is 1.17. The molecule has 0 spiro atoms. The Bertz CT molecular complexity index is 474. The van der Waals surface area contributed by atoms with E-state index in [1.54, 1.807) is 0 Å². The molecule has 1 aliphatic rings. The molecule has 1 N–H and O–H groups in total. The van der Waals surface area contributed by atoms with Crippen molar-refractivity contribution in [2.45, 2.75) is 32.4 Å². The van der Waals surface area contributed by atoms with Crippen LogP contribution in [0.4, 0.5) is 0 Å². The van der Waals surface area contributed by atoms with Gasteiger partial charge < -0.3 is 4.90 Å². The zero-order valence-electron chi connectivity index (χ0n) is 12.0. The maximum atomic E-state index is 12.4. The van der Waals surface area contributed by atoms with Gasteiger partial charge in [-0.3, -0.25) is 10.1 Å². The van der Waals surface area contributed by atoms with E-state index in [9.17, 15) is 4.79 Å². The first-order valence-electron chi connectivity index (χ1n) is 7.20. The molecule has 2 rings (SSSR count). The molecule has 0 aliphatic heterocycles. The Kier molecular flexibility index (Phi) is 5.20. The Morgan fingerprint density at radius 3 is 2.75 bits per heavy atom. The lowest BCUT2D eigenvalue weighted by molar-refractivity contribution is -0.133. The van der Waals surface area contributed by atoms with Gasteiger partial charge in [-0.15, -0.1) is 6.42 Å². The minimum Gasteiger partial charge on any atom is -0.334 e. The summed E-state index contributed by atoms with van der Waals surface area (Å²) >= 11 is 0. The van der Waals surface area contributed by atoms with Crippen LogP contribution in [0.3, 0.4) is 0 Å². The molecule has 1 aromatic rings. The summed E-state index contributed by atoms with van der Waals surface area (Å²) < 4.78 is 0. The fraction of sp³-hybridized carbons (Fsp3) is 0.471. The second kappa shape index (κ2) is 7.12. The number of carbonyl (C=O) groups is 1. The van der Waals surface area contributed by atoms with E-state index in [1.165, 1.54) is 18.4 Å². The zero-order chi connectivity index (χ0) is 14.4. The molecule has 1 fully saturated rings. The van der Waals surface area contributed by atoms with Crippen molar-refractivity contribution in [3.8, 4) is 12.3 Å². The van der Waals surface area contributed by atoms with Crippen molar-refractivity contribution in [2.75, 3.05) is 13.1 Å². The fourth-order valence-corrected chi connectivity index (χ4v) is 2.42. The third-order valence-corrected chi connectivity index (χ3v) is 3.82. The van der Waals surface area contributed by atoms with Crippen LogP contribution in [0.1, 0.15) is 25.3 Å². The van der Waals surface area contributed by atoms with E-state index in [-0.39, 0.29) is 5.91 Å². The number of benzene rings is 1. The van der Waals surface area contributed by atoms with Crippen LogP contribution in [0, 0.1) is 18.3 Å². The average Bonchev–Trinajstić information content (AvgIpc) is 3.30. The van der Waals surface area contributed by atoms with Crippen molar-refractivity contribution in [3.63, 3.8) is 0 Å². The summed E-state index contributed by atoms with van der Waals surface area (Å²) in [4.78, 5) is 14.4. The van der Waals surface area contributed by atoms with Crippen LogP contribution in [0.15, 0.2) is 30.3 Å². The normalized spacial score (nSPS) is 15.4. The van der Waals surface area contributed by atoms with Crippen LogP contribution in [0.2, 0.25) is 0 Å². The maximum absolute atomic E-state index is 12.4. The monoisotopic (exact) mass is 270 g/mol. The van der Waals surface area contributed by atoms with Crippen LogP contribution in [0.5, 0.6) is 0 Å². The molecule has 106 valence electrons. The molecule has 1 aromatic carbocycles. The standard InChI is InChI=1S/C17H22N2O/c1-3-11-18-12-17(20)19(14(2)16-9-10-16)13-15-7-5-4-6-8-15/h1,4-8,14,16,18H,9-13H2,2H3. The summed E-state index contributed by atoms with van der Waals surface area (Å²) in [6.07, 6.45) is 7.66. The van der Waals surface area contributed by atoms with Crippen LogP contribution in [-0.4, -0.2) is 29.9 Å². The topological polar surface area (TPSA) is 32.3 Å². The predicted molar refractivity (Wildman–Crippen MR) is 80.9 cm³/mol. The molecule has 0 bridgehead atoms. The van der Waals surface area contributed by atoms with Gasteiger partial charge in [0.1, 0.15) is 0 Å². The Labute approximate surface area is 121 Å². The van der Waals surface area contributed by atoms with Gasteiger partial charge in [0.05, 0.1) is 13.1 Å². The molecule has 1 unspecified atom stereocenters. The highest BCUT2D eigenvalue weighted by Gasteiger charge is 2.33. The van der Waals surface area contributed by atoms with Gasteiger partial charge in [0.25, 0.3) is 0 Å². The number of carbonyl (C=O) groups excluding carboxylic acids is 1. The molecule has 3 heteroatoms. The van der Waals surface area contributed by atoms with E-state index in [4.69, 9.17) is 6.42 Å². The molecule has 1 atom stereocenters. The number of terminal acetylenes is 1. The van der Waals surface area contributed by atoms with E-state index < -0.39 is 0 Å². The maximum Gasteiger partial charge on any atom is 0.237 e. The van der Waals surface area contributed by atoms with Crippen LogP contribution < -0.4 is 5.32 Å². The highest BCUT2D eigenvalue weighted by Crippen LogP contribution is 2.35. The summed E-state index contributed by atoms with van der Waals surface area (Å²) in [7, 11) is 0. The van der Waals surface area contributed by atoms with Crippen LogP contribution in [-0.2, 0) is 11.3 Å². The van der Waals surface area contributed by atoms with Crippen molar-refractivity contribution >= 4 is 5.91 Å². The van der Waals surface area contributed by atoms with Crippen molar-refractivity contribution in [1.29, 1.82) is 0 Å². The van der Waals surface area contributed by atoms with Gasteiger partial charge in [-0.2, -0.15) is 0 Å². The molecule has 20 heavy (non-hydrogen) atoms. The van der Waals surface area contributed by atoms with Gasteiger partial charge in [0.2, 0.25) is 5.91 Å². The Balaban J connectivity index is 2.00. The fourth-order valence-electron chi connectivity index (χ4n) is 2.42. The number of hydrogen-bond donors (Lipinski definition) is 1. The molecular weight excluding hydrogens is 248 g/mol. The van der Waals surface area contributed by atoms with Gasteiger partial charge in [0.15, 0.2) is 0 Å². The first-order chi connectivity index (χ1) is 9.72. The summed E-state index contributed by atoms with van der Waals surface area (Å²) in [5.74, 6) is 3.28. The Hall–Kier alpha value is -1.79. The third kappa shape index (κ3) is 4.11. The highest BCUT2D eigenvalue weighted by atomic mass is 16.2. The molecule has 0 radical (unpaired) electrons. The van der Waals surface area contributed by atoms with E-state index in [0.717, 1.165) is 0 Å². The van der Waals surface area contributed by atoms with Crippen molar-refractivity contribution in [1.82, 2.24) is 10.2 Å². The largest absolute Gasteiger partial charge is 0.334 e. The number of nitrogens with zero attached hydrogens (tertiary/aromatic N) is 1. The van der Waals surface area contributed by atoms with E-state index >= 15 is 0 Å². The van der Waals surface area contributed by atoms with Gasteiger partial charge in [-0.1, -0.05) is 36.3 Å². The molecule has 3 nitrogen and oxygen atoms in total. The molecule has 0 aromatic heterocycles. The van der Waals surface area contributed by atoms with Gasteiger partial charge in [0, 0.05) is 12.6 Å². The lowest BCUT2D eigenvalue weighted by Gasteiger charge is -2.29. The average molecular weight is 270 g/mol. The summed E-state index contributed by atoms with van der Waals surface area (Å²) in [6, 6.07) is 10.4. The summed E-state index contributed by atoms with van der Waals surface area (Å²) in [6.45, 7) is 3.57. The molecular formula is C17H22N2O. The molecule has 0 saturated heterocycles. The van der Waals surface area contributed by atoms with Crippen LogP contribution in [0.25, 0.3) is 0 Å². The summed E-state index contributed by atoms with van der Waals surface area (Å²) in [5, 5.41) is 2.99. The van der Waals surface area contributed by atoms with Crippen molar-refractivity contribution < 1.29 is 4.79 Å². The van der Waals surface area contributed by atoms with Gasteiger partial charge in [-0.25, -0.2) is 0 Å². The van der Waals surface area contributed by atoms with Crippen molar-refractivity contribution in [3.05, 3.63) is 35.9 Å². The minimum atomic E-state index is 0.128. The SMILES string of the molecule is C#CCNCC(=O)N(Cc1ccccc1)C(C)C1CC1. The van der Waals surface area contributed by atoms with Gasteiger partial charge >= 0.3 is 0 Å². The number of amides is 1. The number of hydrogen-bond acceptors (Lipinski definition) is 2. The second-order valence-corrected chi connectivity index (χ2v) is 5.39. The van der Waals surface area contributed by atoms with Crippen LogP contribution >= 0.6 is 0 Å².